The van der Waals surface area contributed by atoms with Crippen LogP contribution >= 0.6 is 0 Å². The van der Waals surface area contributed by atoms with Gasteiger partial charge in [0.15, 0.2) is 0 Å². The number of rotatable bonds is 3. The highest BCUT2D eigenvalue weighted by atomic mass is 16.2. The van der Waals surface area contributed by atoms with Crippen LogP contribution in [0.5, 0.6) is 0 Å². The van der Waals surface area contributed by atoms with E-state index in [0.29, 0.717) is 11.9 Å². The third-order valence-corrected chi connectivity index (χ3v) is 4.97. The number of nitrogens with one attached hydrogen (secondary N) is 1. The molecule has 3 rings (SSSR count). The lowest BCUT2D eigenvalue weighted by molar-refractivity contribution is -0.134. The summed E-state index contributed by atoms with van der Waals surface area (Å²) < 4.78 is 0. The van der Waals surface area contributed by atoms with E-state index in [1.807, 2.05) is 0 Å². The summed E-state index contributed by atoms with van der Waals surface area (Å²) in [5, 5.41) is 3.50. The Hall–Kier alpha value is -0.610. The first-order valence-corrected chi connectivity index (χ1v) is 7.50. The van der Waals surface area contributed by atoms with Crippen molar-refractivity contribution >= 4 is 5.91 Å². The third-order valence-electron chi connectivity index (χ3n) is 4.97. The maximum Gasteiger partial charge on any atom is 0.244 e. The normalized spacial score (nSPS) is 29.6. The van der Waals surface area contributed by atoms with Crippen molar-refractivity contribution in [2.45, 2.75) is 57.0 Å². The molecule has 1 amide bonds. The van der Waals surface area contributed by atoms with Gasteiger partial charge in [-0.25, -0.2) is 0 Å². The molecule has 1 unspecified atom stereocenters. The molecule has 1 spiro atoms. The molecular formula is C14H25N3O. The van der Waals surface area contributed by atoms with Gasteiger partial charge in [-0.1, -0.05) is 12.8 Å². The Bertz CT molecular complexity index is 319. The van der Waals surface area contributed by atoms with Gasteiger partial charge in [-0.15, -0.1) is 0 Å². The lowest BCUT2D eigenvalue weighted by Gasteiger charge is -2.29. The van der Waals surface area contributed by atoms with Gasteiger partial charge in [0.1, 0.15) is 0 Å². The summed E-state index contributed by atoms with van der Waals surface area (Å²) in [6.45, 7) is 6.43. The zero-order valence-corrected chi connectivity index (χ0v) is 11.5. The number of nitrogens with zero attached hydrogens (tertiary/aromatic N) is 2. The van der Waals surface area contributed by atoms with Crippen molar-refractivity contribution in [3.63, 3.8) is 0 Å². The van der Waals surface area contributed by atoms with Crippen molar-refractivity contribution in [1.29, 1.82) is 0 Å². The average molecular weight is 251 g/mol. The maximum atomic E-state index is 12.6. The number of hydrogen-bond acceptors (Lipinski definition) is 3. The van der Waals surface area contributed by atoms with Crippen molar-refractivity contribution in [2.75, 3.05) is 26.3 Å². The van der Waals surface area contributed by atoms with E-state index in [0.717, 1.165) is 26.1 Å². The minimum Gasteiger partial charge on any atom is -0.324 e. The fraction of sp³-hybridized carbons (Fsp3) is 0.929. The van der Waals surface area contributed by atoms with E-state index in [2.05, 4.69) is 22.0 Å². The standard InChI is InChI=1S/C14H25N3O/c1-12(10-16-8-4-5-9-16)17-11-15-14(13(17)18)6-2-3-7-14/h12,15H,2-11H2,1H3. The number of carbonyl (C=O) groups excluding carboxylic acids is 1. The minimum absolute atomic E-state index is 0.181. The van der Waals surface area contributed by atoms with Crippen molar-refractivity contribution < 1.29 is 4.79 Å². The Morgan fingerprint density at radius 2 is 1.89 bits per heavy atom. The van der Waals surface area contributed by atoms with Crippen LogP contribution in [0.15, 0.2) is 0 Å². The van der Waals surface area contributed by atoms with E-state index in [9.17, 15) is 4.79 Å². The molecule has 0 aromatic heterocycles. The molecule has 1 saturated carbocycles. The molecule has 18 heavy (non-hydrogen) atoms. The highest BCUT2D eigenvalue weighted by molar-refractivity contribution is 5.88. The van der Waals surface area contributed by atoms with Crippen molar-refractivity contribution in [3.8, 4) is 0 Å². The van der Waals surface area contributed by atoms with E-state index in [1.165, 1.54) is 38.8 Å². The van der Waals surface area contributed by atoms with Gasteiger partial charge in [-0.2, -0.15) is 0 Å². The minimum atomic E-state index is -0.181. The van der Waals surface area contributed by atoms with Crippen LogP contribution in [-0.2, 0) is 4.79 Å². The third kappa shape index (κ3) is 2.05. The van der Waals surface area contributed by atoms with Crippen molar-refractivity contribution in [2.24, 2.45) is 0 Å². The van der Waals surface area contributed by atoms with Crippen LogP contribution in [0, 0.1) is 0 Å². The van der Waals surface area contributed by atoms with Gasteiger partial charge < -0.3 is 9.80 Å². The predicted octanol–water partition coefficient (Wildman–Crippen LogP) is 1.17. The number of amides is 1. The topological polar surface area (TPSA) is 35.6 Å². The van der Waals surface area contributed by atoms with Gasteiger partial charge >= 0.3 is 0 Å². The van der Waals surface area contributed by atoms with E-state index in [-0.39, 0.29) is 5.54 Å². The second kappa shape index (κ2) is 4.82. The summed E-state index contributed by atoms with van der Waals surface area (Å²) >= 11 is 0. The summed E-state index contributed by atoms with van der Waals surface area (Å²) in [5.74, 6) is 0.367. The number of carbonyl (C=O) groups is 1. The quantitative estimate of drug-likeness (QED) is 0.818. The first-order valence-electron chi connectivity index (χ1n) is 7.50. The Morgan fingerprint density at radius 1 is 1.22 bits per heavy atom. The molecule has 1 aliphatic carbocycles. The maximum absolute atomic E-state index is 12.6. The summed E-state index contributed by atoms with van der Waals surface area (Å²) in [4.78, 5) is 17.2. The van der Waals surface area contributed by atoms with Gasteiger partial charge in [-0.05, 0) is 45.7 Å². The molecule has 0 radical (unpaired) electrons. The molecule has 0 aromatic rings. The summed E-state index contributed by atoms with van der Waals surface area (Å²) in [7, 11) is 0. The molecule has 2 saturated heterocycles. The Kier molecular flexibility index (Phi) is 3.32. The van der Waals surface area contributed by atoms with Gasteiger partial charge in [0.05, 0.1) is 12.2 Å². The molecule has 4 heteroatoms. The summed E-state index contributed by atoms with van der Waals surface area (Å²) in [5.41, 5.74) is -0.181. The lowest BCUT2D eigenvalue weighted by atomic mass is 9.97. The molecule has 3 fully saturated rings. The van der Waals surface area contributed by atoms with Crippen LogP contribution in [0.25, 0.3) is 0 Å². The molecule has 1 N–H and O–H groups in total. The lowest BCUT2D eigenvalue weighted by Crippen LogP contribution is -2.47. The van der Waals surface area contributed by atoms with Gasteiger partial charge in [0.25, 0.3) is 0 Å². The second-order valence-corrected chi connectivity index (χ2v) is 6.26. The number of hydrogen-bond donors (Lipinski definition) is 1. The van der Waals surface area contributed by atoms with Crippen LogP contribution in [0.4, 0.5) is 0 Å². The Labute approximate surface area is 110 Å². The van der Waals surface area contributed by atoms with Crippen molar-refractivity contribution in [3.05, 3.63) is 0 Å². The zero-order valence-electron chi connectivity index (χ0n) is 11.5. The molecule has 3 aliphatic rings. The first kappa shape index (κ1) is 12.4. The smallest absolute Gasteiger partial charge is 0.244 e. The average Bonchev–Trinajstić information content (AvgIpc) is 3.05. The highest BCUT2D eigenvalue weighted by Gasteiger charge is 2.49. The van der Waals surface area contributed by atoms with Crippen LogP contribution in [0.3, 0.4) is 0 Å². The highest BCUT2D eigenvalue weighted by Crippen LogP contribution is 2.35. The first-order chi connectivity index (χ1) is 8.71. The zero-order chi connectivity index (χ0) is 12.6. The van der Waals surface area contributed by atoms with E-state index < -0.39 is 0 Å². The van der Waals surface area contributed by atoms with Crippen LogP contribution < -0.4 is 5.32 Å². The van der Waals surface area contributed by atoms with E-state index >= 15 is 0 Å². The fourth-order valence-corrected chi connectivity index (χ4v) is 3.82. The van der Waals surface area contributed by atoms with Crippen molar-refractivity contribution in [1.82, 2.24) is 15.1 Å². The molecule has 2 heterocycles. The Balaban J connectivity index is 1.60. The van der Waals surface area contributed by atoms with Crippen LogP contribution in [0.2, 0.25) is 0 Å². The molecule has 2 aliphatic heterocycles. The molecule has 102 valence electrons. The monoisotopic (exact) mass is 251 g/mol. The van der Waals surface area contributed by atoms with Gasteiger partial charge in [0, 0.05) is 12.6 Å². The molecule has 0 aromatic carbocycles. The molecule has 0 bridgehead atoms. The SMILES string of the molecule is CC(CN1CCCC1)N1CNC2(CCCC2)C1=O. The fourth-order valence-electron chi connectivity index (χ4n) is 3.82. The predicted molar refractivity (Wildman–Crippen MR) is 71.2 cm³/mol. The molecular weight excluding hydrogens is 226 g/mol. The largest absolute Gasteiger partial charge is 0.324 e. The number of likely N-dealkylation sites (tertiary alicyclic amines) is 1. The second-order valence-electron chi connectivity index (χ2n) is 6.26. The van der Waals surface area contributed by atoms with E-state index in [4.69, 9.17) is 0 Å². The Morgan fingerprint density at radius 3 is 2.56 bits per heavy atom. The summed E-state index contributed by atoms with van der Waals surface area (Å²) in [6, 6.07) is 0.350. The van der Waals surface area contributed by atoms with Gasteiger partial charge in [-0.3, -0.25) is 10.1 Å². The van der Waals surface area contributed by atoms with E-state index in [1.54, 1.807) is 0 Å². The van der Waals surface area contributed by atoms with Crippen LogP contribution in [0.1, 0.15) is 45.4 Å². The molecule has 4 nitrogen and oxygen atoms in total. The van der Waals surface area contributed by atoms with Crippen LogP contribution in [-0.4, -0.2) is 53.6 Å². The van der Waals surface area contributed by atoms with Gasteiger partial charge in [0.2, 0.25) is 5.91 Å². The summed E-state index contributed by atoms with van der Waals surface area (Å²) in [6.07, 6.45) is 7.13. The molecule has 1 atom stereocenters.